The van der Waals surface area contributed by atoms with Gasteiger partial charge in [0.15, 0.2) is 0 Å². The van der Waals surface area contributed by atoms with Crippen LogP contribution in [-0.2, 0) is 31.0 Å². The smallest absolute Gasteiger partial charge is 1.00 e. The predicted octanol–water partition coefficient (Wildman–Crippen LogP) is -1.61. The molecule has 0 saturated carbocycles. The number of carbonyl (C=O) groups is 1. The van der Waals surface area contributed by atoms with Crippen LogP contribution in [0.25, 0.3) is 5.73 Å². The molecule has 0 spiro atoms. The van der Waals surface area contributed by atoms with Crippen LogP contribution >= 0.6 is 0 Å². The summed E-state index contributed by atoms with van der Waals surface area (Å²) < 4.78 is 0. The second-order valence-electron chi connectivity index (χ2n) is 6.32. The molecule has 0 bridgehead atoms. The van der Waals surface area contributed by atoms with Crippen molar-refractivity contribution in [3.8, 4) is 0 Å². The molecule has 0 aromatic heterocycles. The second-order valence-corrected chi connectivity index (χ2v) is 7.94. The summed E-state index contributed by atoms with van der Waals surface area (Å²) in [7, 11) is 0.271. The number of hydrogen-bond donors (Lipinski definition) is 0. The zero-order chi connectivity index (χ0) is 19.5. The van der Waals surface area contributed by atoms with Crippen molar-refractivity contribution in [3.05, 3.63) is 89.2 Å². The Morgan fingerprint density at radius 2 is 1.24 bits per heavy atom. The zero-order valence-corrected chi connectivity index (χ0v) is 22.7. The molecule has 153 valence electrons. The van der Waals surface area contributed by atoms with E-state index in [0.717, 1.165) is 0 Å². The van der Waals surface area contributed by atoms with Gasteiger partial charge in [0, 0.05) is 5.91 Å². The molecule has 2 nitrogen and oxygen atoms in total. The third-order valence-corrected chi connectivity index (χ3v) is 5.61. The maximum atomic E-state index is 9.11. The summed E-state index contributed by atoms with van der Waals surface area (Å²) >= 11 is 0. The molecular weight excluding hydrogens is 496 g/mol. The maximum absolute atomic E-state index is 9.11. The molecular formula is C23H28Cl2NOSiZr. The van der Waals surface area contributed by atoms with Crippen LogP contribution in [0, 0.1) is 12.0 Å². The van der Waals surface area contributed by atoms with E-state index in [9.17, 15) is 0 Å². The SMILES string of the molecule is CC([NH-])=O.CC1=[C-]C(C)C(C)=C1C.[Cl-].[Cl-].[Zr+4].c1ccc([SiH]c2ccccc2)cc1. The van der Waals surface area contributed by atoms with Crippen molar-refractivity contribution in [3.63, 3.8) is 0 Å². The molecule has 0 fully saturated rings. The molecule has 1 aliphatic carbocycles. The summed E-state index contributed by atoms with van der Waals surface area (Å²) in [5.74, 6) is -0.0231. The quantitative estimate of drug-likeness (QED) is 0.344. The molecule has 0 saturated heterocycles. The fraction of sp³-hybridized carbons (Fsp3) is 0.261. The number of benzene rings is 2. The van der Waals surface area contributed by atoms with Crippen LogP contribution in [0.4, 0.5) is 0 Å². The minimum Gasteiger partial charge on any atom is -1.00 e. The monoisotopic (exact) mass is 522 g/mol. The number of allylic oxidation sites excluding steroid dienone is 4. The van der Waals surface area contributed by atoms with Gasteiger partial charge in [-0.3, -0.25) is 6.08 Å². The van der Waals surface area contributed by atoms with Gasteiger partial charge in [-0.2, -0.15) is 11.1 Å². The summed E-state index contributed by atoms with van der Waals surface area (Å²) in [5.41, 5.74) is 10.2. The Bertz CT molecular complexity index is 723. The Hall–Kier alpha value is -0.930. The fourth-order valence-corrected chi connectivity index (χ4v) is 3.67. The Morgan fingerprint density at radius 1 is 0.897 bits per heavy atom. The van der Waals surface area contributed by atoms with Crippen LogP contribution in [0.3, 0.4) is 0 Å². The summed E-state index contributed by atoms with van der Waals surface area (Å²) in [6.45, 7) is 9.86. The zero-order valence-electron chi connectivity index (χ0n) is 17.6. The summed E-state index contributed by atoms with van der Waals surface area (Å²) in [6.07, 6.45) is 3.36. The van der Waals surface area contributed by atoms with E-state index in [0.29, 0.717) is 5.92 Å². The van der Waals surface area contributed by atoms with E-state index in [1.807, 2.05) is 0 Å². The Balaban J connectivity index is -0.000000376. The van der Waals surface area contributed by atoms with Gasteiger partial charge in [0.25, 0.3) is 0 Å². The molecule has 1 radical (unpaired) electrons. The number of rotatable bonds is 2. The number of carbonyl (C=O) groups excluding carboxylic acids is 1. The first-order valence-corrected chi connectivity index (χ1v) is 9.91. The van der Waals surface area contributed by atoms with Gasteiger partial charge in [0.05, 0.1) is 0 Å². The van der Waals surface area contributed by atoms with E-state index in [2.05, 4.69) is 94.4 Å². The molecule has 1 atom stereocenters. The van der Waals surface area contributed by atoms with Crippen molar-refractivity contribution in [2.45, 2.75) is 34.6 Å². The van der Waals surface area contributed by atoms with E-state index in [-0.39, 0.29) is 60.5 Å². The van der Waals surface area contributed by atoms with Crippen molar-refractivity contribution >= 4 is 25.8 Å². The first kappa shape index (κ1) is 32.7. The Morgan fingerprint density at radius 3 is 1.45 bits per heavy atom. The van der Waals surface area contributed by atoms with Gasteiger partial charge in [0.1, 0.15) is 9.52 Å². The van der Waals surface area contributed by atoms with Crippen LogP contribution < -0.4 is 35.2 Å². The molecule has 3 rings (SSSR count). The molecule has 6 heteroatoms. The first-order chi connectivity index (χ1) is 12.3. The van der Waals surface area contributed by atoms with Gasteiger partial charge in [-0.1, -0.05) is 97.7 Å². The van der Waals surface area contributed by atoms with Crippen molar-refractivity contribution < 1.29 is 55.8 Å². The van der Waals surface area contributed by atoms with E-state index >= 15 is 0 Å². The second kappa shape index (κ2) is 17.9. The van der Waals surface area contributed by atoms with Gasteiger partial charge in [0.2, 0.25) is 0 Å². The first-order valence-electron chi connectivity index (χ1n) is 8.76. The largest absolute Gasteiger partial charge is 4.00 e. The average molecular weight is 525 g/mol. The van der Waals surface area contributed by atoms with E-state index in [1.54, 1.807) is 0 Å². The van der Waals surface area contributed by atoms with E-state index < -0.39 is 5.91 Å². The van der Waals surface area contributed by atoms with Crippen LogP contribution in [0.2, 0.25) is 0 Å². The van der Waals surface area contributed by atoms with Gasteiger partial charge in [-0.15, -0.1) is 6.92 Å². The third kappa shape index (κ3) is 13.8. The van der Waals surface area contributed by atoms with Crippen molar-refractivity contribution in [1.29, 1.82) is 0 Å². The van der Waals surface area contributed by atoms with Crippen LogP contribution in [-0.4, -0.2) is 15.4 Å². The molecule has 0 heterocycles. The average Bonchev–Trinajstić information content (AvgIpc) is 2.83. The van der Waals surface area contributed by atoms with Crippen LogP contribution in [0.15, 0.2) is 77.4 Å². The minimum atomic E-state index is -0.583. The summed E-state index contributed by atoms with van der Waals surface area (Å²) in [6, 6.07) is 21.3. The molecule has 0 aliphatic heterocycles. The predicted molar refractivity (Wildman–Crippen MR) is 114 cm³/mol. The minimum absolute atomic E-state index is 0. The number of nitrogens with one attached hydrogen (secondary N) is 1. The summed E-state index contributed by atoms with van der Waals surface area (Å²) in [5, 5.41) is 2.90. The van der Waals surface area contributed by atoms with Gasteiger partial charge >= 0.3 is 26.2 Å². The van der Waals surface area contributed by atoms with Crippen molar-refractivity contribution in [2.24, 2.45) is 5.92 Å². The number of amides is 1. The van der Waals surface area contributed by atoms with Gasteiger partial charge in [-0.05, 0) is 6.92 Å². The van der Waals surface area contributed by atoms with Crippen molar-refractivity contribution in [2.75, 3.05) is 0 Å². The topological polar surface area (TPSA) is 40.9 Å². The van der Waals surface area contributed by atoms with Crippen molar-refractivity contribution in [1.82, 2.24) is 0 Å². The molecule has 2 aromatic carbocycles. The van der Waals surface area contributed by atoms with E-state index in [1.165, 1.54) is 34.0 Å². The van der Waals surface area contributed by atoms with Gasteiger partial charge < -0.3 is 35.3 Å². The molecule has 29 heavy (non-hydrogen) atoms. The third-order valence-electron chi connectivity index (χ3n) is 4.17. The number of halogens is 2. The van der Waals surface area contributed by atoms with Crippen LogP contribution in [0.5, 0.6) is 0 Å². The molecule has 1 N–H and O–H groups in total. The molecule has 2 aromatic rings. The normalized spacial score (nSPS) is 13.7. The Kier molecular flexibility index (Phi) is 20.2. The fourth-order valence-electron chi connectivity index (χ4n) is 2.45. The van der Waals surface area contributed by atoms with E-state index in [4.69, 9.17) is 10.5 Å². The maximum Gasteiger partial charge on any atom is 4.00 e. The molecule has 1 unspecified atom stereocenters. The molecule has 1 amide bonds. The van der Waals surface area contributed by atoms with Crippen LogP contribution in [0.1, 0.15) is 34.6 Å². The Labute approximate surface area is 210 Å². The number of hydrogen-bond acceptors (Lipinski definition) is 1. The standard InChI is InChI=1S/C12H11Si.C9H13.C2H5NO.2ClH.Zr/c1-3-7-11(8-4-1)13-12-9-5-2-6-10-12;1-6-5-7(2)9(4)8(6)3;1-2(3)4;;;/h1-10,13H;6H,1-4H3;1H3,(H2,3,4);2*1H;/q;-1;;;;+4/p-3. The summed E-state index contributed by atoms with van der Waals surface area (Å²) in [4.78, 5) is 9.11. The molecule has 1 aliphatic rings. The van der Waals surface area contributed by atoms with Gasteiger partial charge in [-0.25, -0.2) is 5.57 Å².